The number of Topliss-reactive ketones (excluding diaryl/α,β-unsaturated/α-hetero) is 2. The molecule has 17 heteroatoms. The van der Waals surface area contributed by atoms with E-state index in [0.29, 0.717) is 0 Å². The van der Waals surface area contributed by atoms with Gasteiger partial charge >= 0.3 is 0 Å². The molecule has 3 aliphatic rings. The van der Waals surface area contributed by atoms with Gasteiger partial charge in [-0.3, -0.25) is 19.3 Å². The second kappa shape index (κ2) is 12.5. The molecule has 1 fully saturated rings. The normalized spacial score (nSPS) is 32.0. The molecule has 248 valence electrons. The number of primary amides is 1. The Hall–Kier alpha value is -3.78. The first-order valence-corrected chi connectivity index (χ1v) is 13.4. The zero-order valence-electron chi connectivity index (χ0n) is 24.2. The fraction of sp³-hybridized carbons (Fsp3) is 0.500. The monoisotopic (exact) mass is 640 g/mol. The van der Waals surface area contributed by atoms with E-state index >= 15 is 0 Å². The van der Waals surface area contributed by atoms with Crippen molar-refractivity contribution in [2.45, 2.75) is 54.7 Å². The summed E-state index contributed by atoms with van der Waals surface area (Å²) in [4.78, 5) is 49.8. The van der Waals surface area contributed by atoms with E-state index in [4.69, 9.17) is 31.3 Å². The second-order valence-electron chi connectivity index (χ2n) is 11.4. The molecule has 0 heterocycles. The molecule has 1 aromatic rings. The van der Waals surface area contributed by atoms with Crippen molar-refractivity contribution in [1.29, 1.82) is 0 Å². The summed E-state index contributed by atoms with van der Waals surface area (Å²) < 4.78 is 0. The van der Waals surface area contributed by atoms with Crippen molar-refractivity contribution < 1.29 is 75.3 Å². The number of hydrogen-bond acceptors (Lipinski definition) is 16. The number of phenolic OH excluding ortho intramolecular Hbond substituents is 1. The smallest absolute Gasteiger partial charge is 0.255 e. The SMILES string of the molecule is CN(C)[C@@H]1C(=O)C(C(N)=O)=C(O)[C@@]2(O)C(=O)C3=C(O)c4c(O)cccc4[C@@](C)(O)[C@H]3[C@H](O)[C@@H]12.O=C[C@H](O)[C@@H](O)[C@H](O)[C@H](O)CO. The Bertz CT molecular complexity index is 1450. The van der Waals surface area contributed by atoms with E-state index in [0.717, 1.165) is 0 Å². The fourth-order valence-electron chi connectivity index (χ4n) is 6.22. The number of ketones is 2. The quantitative estimate of drug-likeness (QED) is 0.0982. The number of nitrogens with two attached hydrogens (primary N) is 1. The molecule has 0 aromatic heterocycles. The Labute approximate surface area is 255 Å². The van der Waals surface area contributed by atoms with Gasteiger partial charge in [-0.15, -0.1) is 0 Å². The number of rotatable bonds is 7. The molecule has 0 unspecified atom stereocenters. The van der Waals surface area contributed by atoms with Crippen molar-refractivity contribution in [3.05, 3.63) is 46.2 Å². The van der Waals surface area contributed by atoms with Crippen LogP contribution in [0.2, 0.25) is 0 Å². The number of fused-ring (bicyclic) bond motifs is 3. The standard InChI is InChI=1S/C22H24N2O9.C6H12O6/c1-21(32)7-5-4-6-8(25)9(7)15(26)10-12(21)17(28)13-14(24(2)3)16(27)11(20(23)31)19(30)22(13,33)18(10)29;7-1-3(9)5(11)6(12)4(10)2-8/h4-6,12-14,17,25-26,28,30,32-33H,1-3H3,(H2,23,31);1,3-6,8-12H,2H2/t12-,13-,14+,17+,21-,22+;3-,4+,5+,6+/m10/s1. The van der Waals surface area contributed by atoms with Crippen molar-refractivity contribution in [3.8, 4) is 5.75 Å². The highest BCUT2D eigenvalue weighted by molar-refractivity contribution is 6.24. The molecule has 17 nitrogen and oxygen atoms in total. The number of carbonyl (C=O) groups excluding carboxylic acids is 4. The van der Waals surface area contributed by atoms with Gasteiger partial charge in [-0.05, 0) is 32.6 Å². The minimum atomic E-state index is -3.02. The average Bonchev–Trinajstić information content (AvgIpc) is 2.97. The first-order valence-electron chi connectivity index (χ1n) is 13.4. The lowest BCUT2D eigenvalue weighted by atomic mass is 9.53. The van der Waals surface area contributed by atoms with Gasteiger partial charge in [0.25, 0.3) is 5.91 Å². The largest absolute Gasteiger partial charge is 0.508 e. The number of amides is 1. The van der Waals surface area contributed by atoms with Gasteiger partial charge in [0, 0.05) is 0 Å². The molecule has 1 aromatic carbocycles. The predicted octanol–water partition coefficient (Wildman–Crippen LogP) is -4.78. The van der Waals surface area contributed by atoms with Gasteiger partial charge in [0.1, 0.15) is 47.3 Å². The molecule has 3 aliphatic carbocycles. The summed E-state index contributed by atoms with van der Waals surface area (Å²) in [5.74, 6) is -9.67. The predicted molar refractivity (Wildman–Crippen MR) is 149 cm³/mol. The van der Waals surface area contributed by atoms with Gasteiger partial charge in [-0.1, -0.05) is 12.1 Å². The summed E-state index contributed by atoms with van der Waals surface area (Å²) >= 11 is 0. The van der Waals surface area contributed by atoms with Crippen LogP contribution >= 0.6 is 0 Å². The van der Waals surface area contributed by atoms with Crippen molar-refractivity contribution in [1.82, 2.24) is 4.90 Å². The van der Waals surface area contributed by atoms with Crippen LogP contribution in [0.15, 0.2) is 35.1 Å². The van der Waals surface area contributed by atoms with Crippen molar-refractivity contribution in [2.24, 2.45) is 17.6 Å². The number of likely N-dealkylation sites (N-methyl/N-ethyl adjacent to an activating group) is 1. The summed E-state index contributed by atoms with van der Waals surface area (Å²) in [5, 5.41) is 110. The van der Waals surface area contributed by atoms with Gasteiger partial charge in [0.15, 0.2) is 17.7 Å². The maximum atomic E-state index is 13.7. The van der Waals surface area contributed by atoms with Crippen LogP contribution in [0, 0.1) is 11.8 Å². The molecule has 0 radical (unpaired) electrons. The Kier molecular flexibility index (Phi) is 9.95. The number of aliphatic hydroxyl groups excluding tert-OH is 8. The molecule has 0 bridgehead atoms. The van der Waals surface area contributed by atoms with Crippen molar-refractivity contribution in [3.63, 3.8) is 0 Å². The third-order valence-corrected chi connectivity index (χ3v) is 8.46. The third-order valence-electron chi connectivity index (χ3n) is 8.46. The fourth-order valence-corrected chi connectivity index (χ4v) is 6.22. The van der Waals surface area contributed by atoms with Gasteiger partial charge in [0.05, 0.1) is 47.3 Å². The van der Waals surface area contributed by atoms with Crippen LogP contribution < -0.4 is 5.73 Å². The van der Waals surface area contributed by atoms with E-state index in [-0.39, 0.29) is 17.4 Å². The average molecular weight is 641 g/mol. The van der Waals surface area contributed by atoms with Crippen LogP contribution in [-0.2, 0) is 24.8 Å². The number of phenols is 1. The van der Waals surface area contributed by atoms with Gasteiger partial charge in [-0.25, -0.2) is 0 Å². The third kappa shape index (κ3) is 5.41. The summed E-state index contributed by atoms with van der Waals surface area (Å²) in [5.41, 5.74) is -1.78. The van der Waals surface area contributed by atoms with E-state index in [2.05, 4.69) is 0 Å². The molecule has 4 rings (SSSR count). The van der Waals surface area contributed by atoms with E-state index in [1.165, 1.54) is 44.1 Å². The number of hydrogen-bond donors (Lipinski definition) is 12. The van der Waals surface area contributed by atoms with Crippen LogP contribution in [0.5, 0.6) is 5.75 Å². The van der Waals surface area contributed by atoms with Gasteiger partial charge in [-0.2, -0.15) is 0 Å². The number of aldehydes is 1. The number of benzene rings is 1. The van der Waals surface area contributed by atoms with E-state index < -0.39 is 112 Å². The highest BCUT2D eigenvalue weighted by Crippen LogP contribution is 2.57. The topological polar surface area (TPSA) is 320 Å². The first kappa shape index (κ1) is 35.7. The van der Waals surface area contributed by atoms with E-state index in [1.54, 1.807) is 0 Å². The number of nitrogens with zero attached hydrogens (tertiary/aromatic N) is 1. The molecule has 1 saturated carbocycles. The Morgan fingerprint density at radius 3 is 2.13 bits per heavy atom. The highest BCUT2D eigenvalue weighted by Gasteiger charge is 2.70. The molecular formula is C28H36N2O15. The number of carbonyl (C=O) groups is 4. The van der Waals surface area contributed by atoms with Crippen LogP contribution in [0.4, 0.5) is 0 Å². The molecule has 45 heavy (non-hydrogen) atoms. The molecule has 0 saturated heterocycles. The molecule has 10 atom stereocenters. The van der Waals surface area contributed by atoms with Crippen LogP contribution in [0.25, 0.3) is 5.76 Å². The minimum Gasteiger partial charge on any atom is -0.508 e. The Morgan fingerprint density at radius 1 is 1.07 bits per heavy atom. The first-order chi connectivity index (χ1) is 20.7. The highest BCUT2D eigenvalue weighted by atomic mass is 16.4. The molecule has 0 aliphatic heterocycles. The maximum Gasteiger partial charge on any atom is 0.255 e. The zero-order valence-corrected chi connectivity index (χ0v) is 24.2. The summed E-state index contributed by atoms with van der Waals surface area (Å²) in [6.45, 7) is 0.493. The molecular weight excluding hydrogens is 604 g/mol. The van der Waals surface area contributed by atoms with Crippen molar-refractivity contribution in [2.75, 3.05) is 20.7 Å². The second-order valence-corrected chi connectivity index (χ2v) is 11.4. The summed E-state index contributed by atoms with van der Waals surface area (Å²) in [6.07, 6.45) is -8.71. The molecule has 0 spiro atoms. The number of aromatic hydroxyl groups is 1. The summed E-state index contributed by atoms with van der Waals surface area (Å²) in [7, 11) is 2.80. The van der Waals surface area contributed by atoms with Crippen LogP contribution in [0.3, 0.4) is 0 Å². The molecule has 1 amide bonds. The number of aliphatic hydroxyl groups is 10. The Morgan fingerprint density at radius 2 is 1.64 bits per heavy atom. The van der Waals surface area contributed by atoms with Crippen LogP contribution in [0.1, 0.15) is 18.1 Å². The lowest BCUT2D eigenvalue weighted by Gasteiger charge is -2.55. The Balaban J connectivity index is 0.000000392. The lowest BCUT2D eigenvalue weighted by molar-refractivity contribution is -0.181. The van der Waals surface area contributed by atoms with E-state index in [9.17, 15) is 49.8 Å². The minimum absolute atomic E-state index is 0.00664. The lowest BCUT2D eigenvalue weighted by Crippen LogP contribution is -2.71. The van der Waals surface area contributed by atoms with Crippen molar-refractivity contribution >= 4 is 29.5 Å². The van der Waals surface area contributed by atoms with Gasteiger partial charge < -0.3 is 66.7 Å². The summed E-state index contributed by atoms with van der Waals surface area (Å²) in [6, 6.07) is 2.50. The van der Waals surface area contributed by atoms with Crippen LogP contribution in [-0.4, -0.2) is 148 Å². The van der Waals surface area contributed by atoms with Gasteiger partial charge in [0.2, 0.25) is 5.78 Å². The maximum absolute atomic E-state index is 13.7. The van der Waals surface area contributed by atoms with E-state index in [1.807, 2.05) is 0 Å². The molecule has 13 N–H and O–H groups in total. The zero-order chi connectivity index (χ0) is 34.5.